The fourth-order valence-electron chi connectivity index (χ4n) is 4.00. The number of carbonyl (C=O) groups excluding carboxylic acids is 3. The van der Waals surface area contributed by atoms with E-state index in [-0.39, 0.29) is 24.3 Å². The lowest BCUT2D eigenvalue weighted by Crippen LogP contribution is -2.40. The molecule has 1 aliphatic heterocycles. The number of nitrogens with zero attached hydrogens (tertiary/aromatic N) is 2. The topological polar surface area (TPSA) is 91.0 Å². The van der Waals surface area contributed by atoms with Gasteiger partial charge in [0.25, 0.3) is 11.8 Å². The molecule has 1 saturated heterocycles. The van der Waals surface area contributed by atoms with E-state index in [1.807, 2.05) is 37.3 Å². The van der Waals surface area contributed by atoms with Crippen LogP contribution in [0.1, 0.15) is 27.6 Å². The van der Waals surface area contributed by atoms with Crippen molar-refractivity contribution in [3.8, 4) is 0 Å². The molecule has 0 unspecified atom stereocenters. The molecule has 0 saturated carbocycles. The van der Waals surface area contributed by atoms with E-state index >= 15 is 0 Å². The van der Waals surface area contributed by atoms with E-state index < -0.39 is 0 Å². The first kappa shape index (κ1) is 24.9. The molecule has 1 heterocycles. The number of hydrogen-bond acceptors (Lipinski definition) is 5. The van der Waals surface area contributed by atoms with E-state index in [2.05, 4.69) is 10.6 Å². The second kappa shape index (κ2) is 12.0. The van der Waals surface area contributed by atoms with Gasteiger partial charge in [0.05, 0.1) is 19.8 Å². The van der Waals surface area contributed by atoms with Gasteiger partial charge in [0.2, 0.25) is 5.91 Å². The summed E-state index contributed by atoms with van der Waals surface area (Å²) in [7, 11) is 0. The molecule has 3 amide bonds. The number of carbonyl (C=O) groups is 3. The van der Waals surface area contributed by atoms with Crippen LogP contribution < -0.4 is 15.5 Å². The smallest absolute Gasteiger partial charge is 0.258 e. The van der Waals surface area contributed by atoms with Crippen LogP contribution in [0.25, 0.3) is 0 Å². The molecular formula is C28H30N4O4. The van der Waals surface area contributed by atoms with E-state index in [0.29, 0.717) is 49.7 Å². The largest absolute Gasteiger partial charge is 0.378 e. The predicted molar refractivity (Wildman–Crippen MR) is 141 cm³/mol. The Morgan fingerprint density at radius 3 is 2.28 bits per heavy atom. The van der Waals surface area contributed by atoms with E-state index in [9.17, 15) is 14.4 Å². The third-order valence-corrected chi connectivity index (χ3v) is 5.91. The number of anilines is 3. The molecular weight excluding hydrogens is 456 g/mol. The monoisotopic (exact) mass is 486 g/mol. The third kappa shape index (κ3) is 6.28. The van der Waals surface area contributed by atoms with Crippen LogP contribution in [0, 0.1) is 0 Å². The minimum atomic E-state index is -0.247. The van der Waals surface area contributed by atoms with Crippen LogP contribution in [0.5, 0.6) is 0 Å². The first-order valence-electron chi connectivity index (χ1n) is 12.0. The van der Waals surface area contributed by atoms with Crippen molar-refractivity contribution in [1.29, 1.82) is 0 Å². The standard InChI is InChI=1S/C28H30N4O4/c1-2-32(25-9-4-3-5-10-25)28(35)22-7-6-8-24(19-22)30-26(33)20-29-23-13-11-21(12-14-23)27(34)31-15-17-36-18-16-31/h3-14,19,29H,2,15-18,20H2,1H3,(H,30,33). The van der Waals surface area contributed by atoms with Crippen molar-refractivity contribution in [3.63, 3.8) is 0 Å². The van der Waals surface area contributed by atoms with Crippen LogP contribution in [0.2, 0.25) is 0 Å². The maximum atomic E-state index is 13.1. The molecule has 0 aliphatic carbocycles. The third-order valence-electron chi connectivity index (χ3n) is 5.91. The number of para-hydroxylation sites is 1. The molecule has 8 nitrogen and oxygen atoms in total. The van der Waals surface area contributed by atoms with Gasteiger partial charge in [-0.05, 0) is 61.5 Å². The van der Waals surface area contributed by atoms with Crippen molar-refractivity contribution < 1.29 is 19.1 Å². The van der Waals surface area contributed by atoms with Crippen molar-refractivity contribution in [2.24, 2.45) is 0 Å². The van der Waals surface area contributed by atoms with Crippen LogP contribution in [-0.4, -0.2) is 62.0 Å². The zero-order chi connectivity index (χ0) is 25.3. The van der Waals surface area contributed by atoms with Gasteiger partial charge in [-0.3, -0.25) is 14.4 Å². The van der Waals surface area contributed by atoms with Gasteiger partial charge in [-0.1, -0.05) is 24.3 Å². The van der Waals surface area contributed by atoms with E-state index in [0.717, 1.165) is 11.4 Å². The zero-order valence-electron chi connectivity index (χ0n) is 20.3. The average Bonchev–Trinajstić information content (AvgIpc) is 2.93. The lowest BCUT2D eigenvalue weighted by atomic mass is 10.1. The van der Waals surface area contributed by atoms with E-state index in [1.165, 1.54) is 0 Å². The van der Waals surface area contributed by atoms with Gasteiger partial charge in [-0.25, -0.2) is 0 Å². The molecule has 0 spiro atoms. The van der Waals surface area contributed by atoms with Crippen LogP contribution in [-0.2, 0) is 9.53 Å². The summed E-state index contributed by atoms with van der Waals surface area (Å²) in [5.41, 5.74) is 3.19. The molecule has 3 aromatic carbocycles. The predicted octanol–water partition coefficient (Wildman–Crippen LogP) is 3.88. The Bertz CT molecular complexity index is 1190. The minimum Gasteiger partial charge on any atom is -0.378 e. The average molecular weight is 487 g/mol. The molecule has 0 radical (unpaired) electrons. The summed E-state index contributed by atoms with van der Waals surface area (Å²) in [5.74, 6) is -0.404. The molecule has 0 atom stereocenters. The van der Waals surface area contributed by atoms with Crippen LogP contribution >= 0.6 is 0 Å². The van der Waals surface area contributed by atoms with Crippen molar-refractivity contribution in [2.75, 3.05) is 54.9 Å². The quantitative estimate of drug-likeness (QED) is 0.504. The Balaban J connectivity index is 1.32. The first-order chi connectivity index (χ1) is 17.5. The lowest BCUT2D eigenvalue weighted by molar-refractivity contribution is -0.114. The molecule has 0 aromatic heterocycles. The molecule has 186 valence electrons. The SMILES string of the molecule is CCN(C(=O)c1cccc(NC(=O)CNc2ccc(C(=O)N3CCOCC3)cc2)c1)c1ccccc1. The normalized spacial score (nSPS) is 13.1. The number of nitrogens with one attached hydrogen (secondary N) is 2. The molecule has 1 fully saturated rings. The summed E-state index contributed by atoms with van der Waals surface area (Å²) >= 11 is 0. The maximum Gasteiger partial charge on any atom is 0.258 e. The number of morpholine rings is 1. The zero-order valence-corrected chi connectivity index (χ0v) is 20.3. The second-order valence-corrected chi connectivity index (χ2v) is 8.35. The summed E-state index contributed by atoms with van der Waals surface area (Å²) in [5, 5.41) is 5.90. The van der Waals surface area contributed by atoms with Gasteiger partial charge < -0.3 is 25.2 Å². The van der Waals surface area contributed by atoms with Gasteiger partial charge in [-0.2, -0.15) is 0 Å². The summed E-state index contributed by atoms with van der Waals surface area (Å²) in [6.45, 7) is 4.79. The Labute approximate surface area is 210 Å². The molecule has 8 heteroatoms. The number of amides is 3. The highest BCUT2D eigenvalue weighted by Crippen LogP contribution is 2.19. The second-order valence-electron chi connectivity index (χ2n) is 8.35. The van der Waals surface area contributed by atoms with E-state index in [4.69, 9.17) is 4.74 Å². The summed E-state index contributed by atoms with van der Waals surface area (Å²) in [6, 6.07) is 23.5. The Kier molecular flexibility index (Phi) is 8.31. The van der Waals surface area contributed by atoms with Crippen LogP contribution in [0.15, 0.2) is 78.9 Å². The molecule has 0 bridgehead atoms. The van der Waals surface area contributed by atoms with Crippen LogP contribution in [0.4, 0.5) is 17.1 Å². The first-order valence-corrected chi connectivity index (χ1v) is 12.0. The van der Waals surface area contributed by atoms with Gasteiger partial charge in [0, 0.05) is 47.8 Å². The fraction of sp³-hybridized carbons (Fsp3) is 0.250. The van der Waals surface area contributed by atoms with Crippen molar-refractivity contribution in [3.05, 3.63) is 90.0 Å². The number of ether oxygens (including phenoxy) is 1. The summed E-state index contributed by atoms with van der Waals surface area (Å²) < 4.78 is 5.29. The molecule has 2 N–H and O–H groups in total. The summed E-state index contributed by atoms with van der Waals surface area (Å²) in [6.07, 6.45) is 0. The highest BCUT2D eigenvalue weighted by molar-refractivity contribution is 6.07. The highest BCUT2D eigenvalue weighted by Gasteiger charge is 2.19. The number of rotatable bonds is 8. The van der Waals surface area contributed by atoms with Gasteiger partial charge in [0.1, 0.15) is 0 Å². The fourth-order valence-corrected chi connectivity index (χ4v) is 4.00. The Morgan fingerprint density at radius 1 is 0.861 bits per heavy atom. The van der Waals surface area contributed by atoms with Gasteiger partial charge in [0.15, 0.2) is 0 Å². The highest BCUT2D eigenvalue weighted by atomic mass is 16.5. The van der Waals surface area contributed by atoms with Crippen molar-refractivity contribution in [2.45, 2.75) is 6.92 Å². The molecule has 1 aliphatic rings. The molecule has 4 rings (SSSR count). The van der Waals surface area contributed by atoms with Crippen LogP contribution in [0.3, 0.4) is 0 Å². The lowest BCUT2D eigenvalue weighted by Gasteiger charge is -2.26. The number of hydrogen-bond donors (Lipinski definition) is 2. The Morgan fingerprint density at radius 2 is 1.58 bits per heavy atom. The molecule has 3 aromatic rings. The van der Waals surface area contributed by atoms with E-state index in [1.54, 1.807) is 58.3 Å². The molecule has 36 heavy (non-hydrogen) atoms. The van der Waals surface area contributed by atoms with Gasteiger partial charge in [-0.15, -0.1) is 0 Å². The number of benzene rings is 3. The Hall–Kier alpha value is -4.17. The minimum absolute atomic E-state index is 0.0223. The van der Waals surface area contributed by atoms with Crippen molar-refractivity contribution in [1.82, 2.24) is 4.90 Å². The van der Waals surface area contributed by atoms with Gasteiger partial charge >= 0.3 is 0 Å². The maximum absolute atomic E-state index is 13.1. The van der Waals surface area contributed by atoms with Crippen molar-refractivity contribution >= 4 is 34.8 Å². The summed E-state index contributed by atoms with van der Waals surface area (Å²) in [4.78, 5) is 41.6.